The number of hydrogen-bond acceptors (Lipinski definition) is 1. The fraction of sp³-hybridized carbons (Fsp3) is 0.273. The molecule has 1 atom stereocenters. The number of alkyl halides is 1. The van der Waals surface area contributed by atoms with Crippen molar-refractivity contribution in [1.29, 1.82) is 0 Å². The maximum absolute atomic E-state index is 13.2. The van der Waals surface area contributed by atoms with Crippen LogP contribution < -0.4 is 5.32 Å². The van der Waals surface area contributed by atoms with Crippen molar-refractivity contribution in [3.05, 3.63) is 29.3 Å². The van der Waals surface area contributed by atoms with E-state index < -0.39 is 6.17 Å². The number of para-hydroxylation sites is 1. The van der Waals surface area contributed by atoms with E-state index in [1.807, 2.05) is 12.1 Å². The van der Waals surface area contributed by atoms with Gasteiger partial charge in [-0.15, -0.1) is 6.42 Å². The molecule has 0 radical (unpaired) electrons. The lowest BCUT2D eigenvalue weighted by atomic mass is 10.0. The minimum Gasteiger partial charge on any atom is -0.384 e. The van der Waals surface area contributed by atoms with Crippen molar-refractivity contribution in [2.75, 3.05) is 11.9 Å². The highest BCUT2D eigenvalue weighted by molar-refractivity contribution is 5.62. The van der Waals surface area contributed by atoms with E-state index in [1.165, 1.54) is 0 Å². The van der Waals surface area contributed by atoms with Gasteiger partial charge in [-0.3, -0.25) is 0 Å². The van der Waals surface area contributed by atoms with E-state index >= 15 is 0 Å². The molecule has 1 N–H and O–H groups in total. The smallest absolute Gasteiger partial charge is 0.187 e. The number of rotatable bonds is 1. The van der Waals surface area contributed by atoms with Gasteiger partial charge in [0.25, 0.3) is 0 Å². The third-order valence-electron chi connectivity index (χ3n) is 2.30. The molecule has 1 aromatic carbocycles. The van der Waals surface area contributed by atoms with Gasteiger partial charge in [0, 0.05) is 17.8 Å². The molecule has 1 heterocycles. The van der Waals surface area contributed by atoms with E-state index in [0.717, 1.165) is 24.2 Å². The molecule has 2 rings (SSSR count). The Morgan fingerprint density at radius 2 is 2.38 bits per heavy atom. The predicted octanol–water partition coefficient (Wildman–Crippen LogP) is 2.30. The third kappa shape index (κ3) is 1.27. The number of terminal acetylenes is 1. The van der Waals surface area contributed by atoms with Crippen LogP contribution in [0.3, 0.4) is 0 Å². The molecule has 0 spiro atoms. The van der Waals surface area contributed by atoms with E-state index in [0.29, 0.717) is 5.56 Å². The molecule has 1 aliphatic rings. The summed E-state index contributed by atoms with van der Waals surface area (Å²) < 4.78 is 13.2. The largest absolute Gasteiger partial charge is 0.384 e. The van der Waals surface area contributed by atoms with Gasteiger partial charge in [0.2, 0.25) is 0 Å². The molecule has 0 bridgehead atoms. The lowest BCUT2D eigenvalue weighted by Crippen LogP contribution is -1.97. The molecule has 0 amide bonds. The van der Waals surface area contributed by atoms with Gasteiger partial charge < -0.3 is 5.32 Å². The molecule has 13 heavy (non-hydrogen) atoms. The summed E-state index contributed by atoms with van der Waals surface area (Å²) >= 11 is 0. The molecule has 2 heteroatoms. The van der Waals surface area contributed by atoms with E-state index in [9.17, 15) is 4.39 Å². The number of benzene rings is 1. The zero-order chi connectivity index (χ0) is 9.26. The SMILES string of the molecule is C#CC(F)c1cccc2c1NCC2. The summed E-state index contributed by atoms with van der Waals surface area (Å²) in [7, 11) is 0. The summed E-state index contributed by atoms with van der Waals surface area (Å²) in [5, 5.41) is 3.15. The van der Waals surface area contributed by atoms with Crippen LogP contribution in [0.25, 0.3) is 0 Å². The van der Waals surface area contributed by atoms with E-state index in [-0.39, 0.29) is 0 Å². The topological polar surface area (TPSA) is 12.0 Å². The minimum atomic E-state index is -1.29. The van der Waals surface area contributed by atoms with Crippen LogP contribution in [0.1, 0.15) is 17.3 Å². The van der Waals surface area contributed by atoms with Crippen molar-refractivity contribution in [3.63, 3.8) is 0 Å². The van der Waals surface area contributed by atoms with Crippen LogP contribution in [0.15, 0.2) is 18.2 Å². The van der Waals surface area contributed by atoms with Gasteiger partial charge in [-0.25, -0.2) is 4.39 Å². The number of fused-ring (bicyclic) bond motifs is 1. The number of hydrogen-bond donors (Lipinski definition) is 1. The van der Waals surface area contributed by atoms with Crippen molar-refractivity contribution in [2.45, 2.75) is 12.6 Å². The highest BCUT2D eigenvalue weighted by Gasteiger charge is 2.17. The molecule has 1 unspecified atom stereocenters. The van der Waals surface area contributed by atoms with Crippen LogP contribution in [0, 0.1) is 12.3 Å². The van der Waals surface area contributed by atoms with E-state index in [2.05, 4.69) is 11.2 Å². The second kappa shape index (κ2) is 3.10. The first kappa shape index (κ1) is 8.12. The molecular formula is C11H10FN. The number of anilines is 1. The Kier molecular flexibility index (Phi) is 1.94. The molecular weight excluding hydrogens is 165 g/mol. The van der Waals surface area contributed by atoms with E-state index in [4.69, 9.17) is 6.42 Å². The second-order valence-corrected chi connectivity index (χ2v) is 3.09. The van der Waals surface area contributed by atoms with Crippen molar-refractivity contribution < 1.29 is 4.39 Å². The summed E-state index contributed by atoms with van der Waals surface area (Å²) in [6.45, 7) is 0.879. The van der Waals surface area contributed by atoms with Crippen LogP contribution in [-0.4, -0.2) is 6.54 Å². The lowest BCUT2D eigenvalue weighted by molar-refractivity contribution is 0.429. The van der Waals surface area contributed by atoms with Gasteiger partial charge in [0.15, 0.2) is 6.17 Å². The van der Waals surface area contributed by atoms with Crippen LogP contribution in [0.2, 0.25) is 0 Å². The molecule has 1 nitrogen and oxygen atoms in total. The first-order chi connectivity index (χ1) is 6.33. The molecule has 0 aromatic heterocycles. The van der Waals surface area contributed by atoms with Crippen molar-refractivity contribution in [1.82, 2.24) is 0 Å². The molecule has 0 saturated carbocycles. The summed E-state index contributed by atoms with van der Waals surface area (Å²) in [5.41, 5.74) is 2.65. The van der Waals surface area contributed by atoms with Crippen LogP contribution in [-0.2, 0) is 6.42 Å². The molecule has 0 aliphatic carbocycles. The molecule has 0 saturated heterocycles. The van der Waals surface area contributed by atoms with Gasteiger partial charge in [0.05, 0.1) is 0 Å². The number of nitrogens with one attached hydrogen (secondary N) is 1. The molecule has 0 fully saturated rings. The zero-order valence-corrected chi connectivity index (χ0v) is 7.18. The Balaban J connectivity index is 2.48. The van der Waals surface area contributed by atoms with E-state index in [1.54, 1.807) is 6.07 Å². The van der Waals surface area contributed by atoms with Crippen LogP contribution in [0.4, 0.5) is 10.1 Å². The van der Waals surface area contributed by atoms with Crippen molar-refractivity contribution >= 4 is 5.69 Å². The first-order valence-electron chi connectivity index (χ1n) is 4.29. The predicted molar refractivity (Wildman–Crippen MR) is 51.3 cm³/mol. The minimum absolute atomic E-state index is 0.595. The standard InChI is InChI=1S/C11H10FN/c1-2-10(12)9-5-3-4-8-6-7-13-11(8)9/h1,3-5,10,13H,6-7H2. The average Bonchev–Trinajstić information content (AvgIpc) is 2.63. The summed E-state index contributed by atoms with van der Waals surface area (Å²) in [6, 6.07) is 5.59. The first-order valence-corrected chi connectivity index (χ1v) is 4.29. The summed E-state index contributed by atoms with van der Waals surface area (Å²) in [4.78, 5) is 0. The van der Waals surface area contributed by atoms with Gasteiger partial charge in [-0.05, 0) is 12.0 Å². The fourth-order valence-corrected chi connectivity index (χ4v) is 1.67. The van der Waals surface area contributed by atoms with Gasteiger partial charge >= 0.3 is 0 Å². The second-order valence-electron chi connectivity index (χ2n) is 3.09. The maximum Gasteiger partial charge on any atom is 0.187 e. The fourth-order valence-electron chi connectivity index (χ4n) is 1.67. The highest BCUT2D eigenvalue weighted by Crippen LogP contribution is 2.31. The molecule has 66 valence electrons. The Labute approximate surface area is 77.0 Å². The Hall–Kier alpha value is -1.49. The normalized spacial score (nSPS) is 15.7. The average molecular weight is 175 g/mol. The van der Waals surface area contributed by atoms with Gasteiger partial charge in [-0.2, -0.15) is 0 Å². The number of halogens is 1. The monoisotopic (exact) mass is 175 g/mol. The van der Waals surface area contributed by atoms with Crippen molar-refractivity contribution in [2.24, 2.45) is 0 Å². The quantitative estimate of drug-likeness (QED) is 0.646. The van der Waals surface area contributed by atoms with Crippen molar-refractivity contribution in [3.8, 4) is 12.3 Å². The van der Waals surface area contributed by atoms with Gasteiger partial charge in [0.1, 0.15) is 0 Å². The Morgan fingerprint density at radius 3 is 3.15 bits per heavy atom. The summed E-state index contributed by atoms with van der Waals surface area (Å²) in [6.07, 6.45) is 4.71. The third-order valence-corrected chi connectivity index (χ3v) is 2.30. The van der Waals surface area contributed by atoms with Crippen LogP contribution in [0.5, 0.6) is 0 Å². The summed E-state index contributed by atoms with van der Waals surface area (Å²) in [5.74, 6) is 2.10. The zero-order valence-electron chi connectivity index (χ0n) is 7.18. The molecule has 1 aliphatic heterocycles. The maximum atomic E-state index is 13.2. The highest BCUT2D eigenvalue weighted by atomic mass is 19.1. The molecule has 1 aromatic rings. The van der Waals surface area contributed by atoms with Crippen LogP contribution >= 0.6 is 0 Å². The van der Waals surface area contributed by atoms with Gasteiger partial charge in [-0.1, -0.05) is 24.1 Å². The Morgan fingerprint density at radius 1 is 1.54 bits per heavy atom. The lowest BCUT2D eigenvalue weighted by Gasteiger charge is -2.08. The Bertz CT molecular complexity index is 365.